The molecular formula is C17H29NO2. The average Bonchev–Trinajstić information content (AvgIpc) is 2.47. The Kier molecular flexibility index (Phi) is 7.03. The molecule has 0 radical (unpaired) electrons. The predicted octanol–water partition coefficient (Wildman–Crippen LogP) is 3.33. The fourth-order valence-electron chi connectivity index (χ4n) is 2.17. The first-order valence-electron chi connectivity index (χ1n) is 7.54. The molecular weight excluding hydrogens is 250 g/mol. The smallest absolute Gasteiger partial charge is 0.122 e. The molecule has 0 aromatic heterocycles. The summed E-state index contributed by atoms with van der Waals surface area (Å²) in [5.41, 5.74) is 1.10. The lowest BCUT2D eigenvalue weighted by atomic mass is 9.96. The molecule has 0 spiro atoms. The Morgan fingerprint density at radius 2 is 1.95 bits per heavy atom. The molecule has 1 aromatic carbocycles. The number of nitrogens with one attached hydrogen (secondary N) is 1. The van der Waals surface area contributed by atoms with Gasteiger partial charge in [-0.3, -0.25) is 0 Å². The van der Waals surface area contributed by atoms with Crippen molar-refractivity contribution >= 4 is 0 Å². The van der Waals surface area contributed by atoms with E-state index in [1.165, 1.54) is 5.56 Å². The van der Waals surface area contributed by atoms with Gasteiger partial charge in [-0.15, -0.1) is 0 Å². The van der Waals surface area contributed by atoms with Crippen LogP contribution in [0.25, 0.3) is 0 Å². The average molecular weight is 279 g/mol. The molecule has 1 unspecified atom stereocenters. The molecule has 0 bridgehead atoms. The van der Waals surface area contributed by atoms with E-state index in [0.717, 1.165) is 31.6 Å². The maximum atomic E-state index is 9.32. The molecule has 3 heteroatoms. The topological polar surface area (TPSA) is 41.5 Å². The first-order valence-corrected chi connectivity index (χ1v) is 7.54. The number of aliphatic hydroxyl groups is 1. The van der Waals surface area contributed by atoms with Crippen LogP contribution in [0, 0.1) is 0 Å². The first-order chi connectivity index (χ1) is 9.52. The molecule has 0 heterocycles. The van der Waals surface area contributed by atoms with E-state index < -0.39 is 0 Å². The molecule has 1 atom stereocenters. The van der Waals surface area contributed by atoms with Gasteiger partial charge in [-0.25, -0.2) is 0 Å². The molecule has 3 nitrogen and oxygen atoms in total. The Hall–Kier alpha value is -1.06. The van der Waals surface area contributed by atoms with Crippen molar-refractivity contribution in [2.45, 2.75) is 51.5 Å². The van der Waals surface area contributed by atoms with E-state index in [1.54, 1.807) is 0 Å². The van der Waals surface area contributed by atoms with Crippen molar-refractivity contribution < 1.29 is 9.84 Å². The molecule has 114 valence electrons. The van der Waals surface area contributed by atoms with Crippen LogP contribution in [0.2, 0.25) is 0 Å². The third-order valence-electron chi connectivity index (χ3n) is 3.87. The van der Waals surface area contributed by atoms with Crippen LogP contribution < -0.4 is 10.1 Å². The minimum atomic E-state index is -0.171. The Balaban J connectivity index is 2.35. The van der Waals surface area contributed by atoms with Crippen molar-refractivity contribution in [3.63, 3.8) is 0 Å². The van der Waals surface area contributed by atoms with Crippen LogP contribution in [0.15, 0.2) is 24.3 Å². The van der Waals surface area contributed by atoms with E-state index in [2.05, 4.69) is 31.3 Å². The third-order valence-corrected chi connectivity index (χ3v) is 3.87. The molecule has 1 rings (SSSR count). The molecule has 0 aliphatic rings. The number of rotatable bonds is 9. The summed E-state index contributed by atoms with van der Waals surface area (Å²) in [6.07, 6.45) is 3.00. The van der Waals surface area contributed by atoms with Crippen LogP contribution in [0.3, 0.4) is 0 Å². The third kappa shape index (κ3) is 5.14. The Morgan fingerprint density at radius 1 is 1.25 bits per heavy atom. The Labute approximate surface area is 123 Å². The summed E-state index contributed by atoms with van der Waals surface area (Å²) in [5.74, 6) is 1.48. The zero-order valence-corrected chi connectivity index (χ0v) is 13.3. The largest absolute Gasteiger partial charge is 0.493 e. The van der Waals surface area contributed by atoms with E-state index in [-0.39, 0.29) is 12.1 Å². The van der Waals surface area contributed by atoms with Crippen LogP contribution in [-0.2, 0) is 0 Å². The van der Waals surface area contributed by atoms with Crippen molar-refractivity contribution in [1.82, 2.24) is 5.32 Å². The molecule has 0 aliphatic carbocycles. The molecule has 0 saturated carbocycles. The van der Waals surface area contributed by atoms with Gasteiger partial charge in [0.25, 0.3) is 0 Å². The van der Waals surface area contributed by atoms with Gasteiger partial charge in [-0.1, -0.05) is 32.0 Å². The van der Waals surface area contributed by atoms with Gasteiger partial charge in [0.2, 0.25) is 0 Å². The standard InChI is InChI=1S/C17H29NO2/c1-14(2)15-9-5-6-10-16(15)20-12-8-7-11-17(3,13-19)18-4/h5-6,9-10,14,18-19H,7-8,11-13H2,1-4H3. The van der Waals surface area contributed by atoms with Crippen molar-refractivity contribution in [3.05, 3.63) is 29.8 Å². The summed E-state index contributed by atoms with van der Waals surface area (Å²) in [4.78, 5) is 0. The van der Waals surface area contributed by atoms with Crippen LogP contribution in [0.5, 0.6) is 5.75 Å². The van der Waals surface area contributed by atoms with Gasteiger partial charge in [-0.2, -0.15) is 0 Å². The second-order valence-corrected chi connectivity index (χ2v) is 5.97. The van der Waals surface area contributed by atoms with Crippen molar-refractivity contribution in [2.75, 3.05) is 20.3 Å². The second kappa shape index (κ2) is 8.28. The maximum absolute atomic E-state index is 9.32. The fourth-order valence-corrected chi connectivity index (χ4v) is 2.17. The molecule has 0 aliphatic heterocycles. The maximum Gasteiger partial charge on any atom is 0.122 e. The SMILES string of the molecule is CNC(C)(CO)CCCCOc1ccccc1C(C)C. The number of likely N-dealkylation sites (N-methyl/N-ethyl adjacent to an activating group) is 1. The predicted molar refractivity (Wildman–Crippen MR) is 84.4 cm³/mol. The van der Waals surface area contributed by atoms with Gasteiger partial charge in [0.05, 0.1) is 13.2 Å². The molecule has 2 N–H and O–H groups in total. The minimum absolute atomic E-state index is 0.167. The Bertz CT molecular complexity index is 386. The van der Waals surface area contributed by atoms with Crippen molar-refractivity contribution in [1.29, 1.82) is 0 Å². The highest BCUT2D eigenvalue weighted by atomic mass is 16.5. The van der Waals surface area contributed by atoms with Gasteiger partial charge in [0.15, 0.2) is 0 Å². The van der Waals surface area contributed by atoms with Crippen LogP contribution in [0.4, 0.5) is 0 Å². The summed E-state index contributed by atoms with van der Waals surface area (Å²) in [7, 11) is 1.89. The second-order valence-electron chi connectivity index (χ2n) is 5.97. The van der Waals surface area contributed by atoms with E-state index in [4.69, 9.17) is 4.74 Å². The summed E-state index contributed by atoms with van der Waals surface area (Å²) in [5, 5.41) is 12.5. The van der Waals surface area contributed by atoms with Gasteiger partial charge < -0.3 is 15.2 Å². The summed E-state index contributed by atoms with van der Waals surface area (Å²) < 4.78 is 5.90. The van der Waals surface area contributed by atoms with Crippen LogP contribution >= 0.6 is 0 Å². The lowest BCUT2D eigenvalue weighted by Crippen LogP contribution is -2.43. The quantitative estimate of drug-likeness (QED) is 0.681. The molecule has 20 heavy (non-hydrogen) atoms. The molecule has 0 fully saturated rings. The van der Waals surface area contributed by atoms with E-state index in [9.17, 15) is 5.11 Å². The number of para-hydroxylation sites is 1. The zero-order chi connectivity index (χ0) is 15.0. The van der Waals surface area contributed by atoms with E-state index in [0.29, 0.717) is 5.92 Å². The highest BCUT2D eigenvalue weighted by Crippen LogP contribution is 2.26. The first kappa shape index (κ1) is 17.0. The molecule has 1 aromatic rings. The number of aliphatic hydroxyl groups excluding tert-OH is 1. The lowest BCUT2D eigenvalue weighted by molar-refractivity contribution is 0.168. The summed E-state index contributed by atoms with van der Waals surface area (Å²) in [6, 6.07) is 8.25. The van der Waals surface area contributed by atoms with Crippen LogP contribution in [0.1, 0.15) is 51.5 Å². The lowest BCUT2D eigenvalue weighted by Gasteiger charge is -2.26. The number of unbranched alkanes of at least 4 members (excludes halogenated alkanes) is 1. The fraction of sp³-hybridized carbons (Fsp3) is 0.647. The van der Waals surface area contributed by atoms with E-state index >= 15 is 0 Å². The van der Waals surface area contributed by atoms with Gasteiger partial charge in [0.1, 0.15) is 5.75 Å². The highest BCUT2D eigenvalue weighted by Gasteiger charge is 2.19. The van der Waals surface area contributed by atoms with Gasteiger partial charge in [0, 0.05) is 5.54 Å². The van der Waals surface area contributed by atoms with Gasteiger partial charge >= 0.3 is 0 Å². The molecule has 0 amide bonds. The van der Waals surface area contributed by atoms with E-state index in [1.807, 2.05) is 26.1 Å². The molecule has 0 saturated heterocycles. The van der Waals surface area contributed by atoms with Crippen LogP contribution in [-0.4, -0.2) is 30.9 Å². The van der Waals surface area contributed by atoms with Crippen molar-refractivity contribution in [2.24, 2.45) is 0 Å². The normalized spacial score (nSPS) is 14.3. The summed E-state index contributed by atoms with van der Waals surface area (Å²) in [6.45, 7) is 7.31. The highest BCUT2D eigenvalue weighted by molar-refractivity contribution is 5.35. The number of hydrogen-bond donors (Lipinski definition) is 2. The number of hydrogen-bond acceptors (Lipinski definition) is 3. The minimum Gasteiger partial charge on any atom is -0.493 e. The number of benzene rings is 1. The van der Waals surface area contributed by atoms with Gasteiger partial charge in [-0.05, 0) is 50.8 Å². The number of ether oxygens (including phenoxy) is 1. The zero-order valence-electron chi connectivity index (χ0n) is 13.3. The Morgan fingerprint density at radius 3 is 2.55 bits per heavy atom. The van der Waals surface area contributed by atoms with Crippen molar-refractivity contribution in [3.8, 4) is 5.75 Å². The monoisotopic (exact) mass is 279 g/mol. The summed E-state index contributed by atoms with van der Waals surface area (Å²) >= 11 is 0.